The smallest absolute Gasteiger partial charge is 0.252 e. The first-order valence-corrected chi connectivity index (χ1v) is 18.4. The molecule has 1 amide bonds. The molecule has 1 aliphatic rings. The first-order chi connectivity index (χ1) is 23.4. The third-order valence-corrected chi connectivity index (χ3v) is 9.72. The number of hydrogen-bond donors (Lipinski definition) is 4. The van der Waals surface area contributed by atoms with E-state index in [0.717, 1.165) is 16.7 Å². The summed E-state index contributed by atoms with van der Waals surface area (Å²) in [5.41, 5.74) is 2.83. The number of aliphatic hydroxyl groups is 2. The number of hydrogen-bond acceptors (Lipinski definition) is 11. The number of likely N-dealkylation sites (N-methyl/N-ethyl adjacent to an activating group) is 1. The number of carbonyl (C=O) groups excluding carboxylic acids is 2. The standard InChI is InChI=1S/C33H47Cl2N3O10S/c1-3-45-11-5-8-30(39)31(40)32(41)33(42)36-9-12-46-14-16-48-17-15-47-13-10-37-49(43,44)25-7-4-6-23(18-25)27-21-38(2)22-28-26(27)19-24(34)20-29(28)35/h4,6-7,18-20,27,31-32,37,40-41H,3,5,8-17,21-22H2,1-2H3,(H,36,42). The van der Waals surface area contributed by atoms with E-state index in [0.29, 0.717) is 42.8 Å². The Hall–Kier alpha value is -2.21. The second kappa shape index (κ2) is 21.2. The highest BCUT2D eigenvalue weighted by Crippen LogP contribution is 2.38. The van der Waals surface area contributed by atoms with Crippen molar-refractivity contribution < 1.29 is 47.2 Å². The maximum absolute atomic E-state index is 13.0. The molecule has 3 rings (SSSR count). The van der Waals surface area contributed by atoms with Gasteiger partial charge in [0.15, 0.2) is 11.9 Å². The number of nitrogens with one attached hydrogen (secondary N) is 2. The van der Waals surface area contributed by atoms with Crippen LogP contribution in [0, 0.1) is 0 Å². The number of nitrogens with zero attached hydrogens (tertiary/aromatic N) is 1. The molecule has 0 fully saturated rings. The first-order valence-electron chi connectivity index (χ1n) is 16.2. The molecule has 49 heavy (non-hydrogen) atoms. The molecular formula is C33H47Cl2N3O10S. The van der Waals surface area contributed by atoms with Gasteiger partial charge in [-0.3, -0.25) is 9.59 Å². The molecule has 1 heterocycles. The lowest BCUT2D eigenvalue weighted by atomic mass is 9.85. The maximum Gasteiger partial charge on any atom is 0.252 e. The van der Waals surface area contributed by atoms with Gasteiger partial charge in [0.2, 0.25) is 10.0 Å². The molecule has 0 saturated heterocycles. The molecule has 4 N–H and O–H groups in total. The Balaban J connectivity index is 1.26. The van der Waals surface area contributed by atoms with Crippen molar-refractivity contribution in [1.29, 1.82) is 0 Å². The van der Waals surface area contributed by atoms with E-state index in [-0.39, 0.29) is 70.0 Å². The summed E-state index contributed by atoms with van der Waals surface area (Å²) in [6, 6.07) is 10.5. The van der Waals surface area contributed by atoms with Crippen LogP contribution in [-0.2, 0) is 45.1 Å². The second-order valence-corrected chi connectivity index (χ2v) is 14.1. The van der Waals surface area contributed by atoms with Crippen molar-refractivity contribution in [2.24, 2.45) is 0 Å². The molecule has 1 aliphatic heterocycles. The lowest BCUT2D eigenvalue weighted by Gasteiger charge is -2.33. The number of Topliss-reactive ketones (excluding diaryl/α,β-unsaturated/α-hetero) is 1. The molecule has 0 bridgehead atoms. The maximum atomic E-state index is 13.0. The summed E-state index contributed by atoms with van der Waals surface area (Å²) in [6.07, 6.45) is -3.28. The molecule has 13 nitrogen and oxygen atoms in total. The van der Waals surface area contributed by atoms with Crippen LogP contribution < -0.4 is 10.0 Å². The molecule has 0 radical (unpaired) electrons. The van der Waals surface area contributed by atoms with E-state index in [4.69, 9.17) is 42.1 Å². The zero-order valence-electron chi connectivity index (χ0n) is 27.9. The van der Waals surface area contributed by atoms with Crippen LogP contribution in [0.5, 0.6) is 0 Å². The van der Waals surface area contributed by atoms with Crippen LogP contribution in [0.4, 0.5) is 0 Å². The minimum absolute atomic E-state index is 0.00357. The van der Waals surface area contributed by atoms with Crippen molar-refractivity contribution >= 4 is 44.9 Å². The summed E-state index contributed by atoms with van der Waals surface area (Å²) in [7, 11) is -1.79. The summed E-state index contributed by atoms with van der Waals surface area (Å²) >= 11 is 12.8. The Morgan fingerprint density at radius 3 is 2.31 bits per heavy atom. The third-order valence-electron chi connectivity index (χ3n) is 7.70. The van der Waals surface area contributed by atoms with Crippen molar-refractivity contribution in [2.45, 2.75) is 49.3 Å². The number of fused-ring (bicyclic) bond motifs is 1. The van der Waals surface area contributed by atoms with E-state index >= 15 is 0 Å². The lowest BCUT2D eigenvalue weighted by Crippen LogP contribution is -2.46. The molecule has 3 unspecified atom stereocenters. The average molecular weight is 749 g/mol. The summed E-state index contributed by atoms with van der Waals surface area (Å²) in [6.45, 7) is 5.51. The highest BCUT2D eigenvalue weighted by Gasteiger charge is 2.30. The molecule has 2 aromatic rings. The molecule has 0 spiro atoms. The Bertz CT molecular complexity index is 1470. The Labute approximate surface area is 298 Å². The monoisotopic (exact) mass is 747 g/mol. The molecule has 274 valence electrons. The predicted octanol–water partition coefficient (Wildman–Crippen LogP) is 2.12. The van der Waals surface area contributed by atoms with Crippen molar-refractivity contribution in [1.82, 2.24) is 14.9 Å². The van der Waals surface area contributed by atoms with Gasteiger partial charge >= 0.3 is 0 Å². The number of ether oxygens (including phenoxy) is 4. The van der Waals surface area contributed by atoms with Crippen LogP contribution in [-0.4, -0.2) is 127 Å². The van der Waals surface area contributed by atoms with Gasteiger partial charge in [-0.25, -0.2) is 13.1 Å². The van der Waals surface area contributed by atoms with Crippen LogP contribution in [0.3, 0.4) is 0 Å². The zero-order chi connectivity index (χ0) is 35.8. The fraction of sp³-hybridized carbons (Fsp3) is 0.576. The highest BCUT2D eigenvalue weighted by molar-refractivity contribution is 7.89. The number of sulfonamides is 1. The van der Waals surface area contributed by atoms with Gasteiger partial charge in [-0.05, 0) is 61.3 Å². The van der Waals surface area contributed by atoms with Crippen LogP contribution in [0.25, 0.3) is 0 Å². The highest BCUT2D eigenvalue weighted by atomic mass is 35.5. The molecular weight excluding hydrogens is 701 g/mol. The molecule has 16 heteroatoms. The number of benzene rings is 2. The van der Waals surface area contributed by atoms with Gasteiger partial charge < -0.3 is 39.4 Å². The van der Waals surface area contributed by atoms with Crippen molar-refractivity contribution in [3.05, 3.63) is 63.1 Å². The van der Waals surface area contributed by atoms with Gasteiger partial charge in [0.1, 0.15) is 6.10 Å². The average Bonchev–Trinajstić information content (AvgIpc) is 3.08. The van der Waals surface area contributed by atoms with E-state index in [1.54, 1.807) is 24.3 Å². The normalized spacial score (nSPS) is 16.2. The minimum atomic E-state index is -3.78. The fourth-order valence-electron chi connectivity index (χ4n) is 5.21. The summed E-state index contributed by atoms with van der Waals surface area (Å²) in [5, 5.41) is 23.3. The van der Waals surface area contributed by atoms with Gasteiger partial charge in [-0.15, -0.1) is 0 Å². The van der Waals surface area contributed by atoms with Crippen molar-refractivity contribution in [3.63, 3.8) is 0 Å². The SMILES string of the molecule is CCOCCCC(=O)C(O)C(O)C(=O)NCCOCCOCCOCCNS(=O)(=O)c1cccc(C2CN(C)Cc3c(Cl)cc(Cl)cc32)c1. The van der Waals surface area contributed by atoms with Crippen LogP contribution in [0.15, 0.2) is 41.3 Å². The van der Waals surface area contributed by atoms with Gasteiger partial charge in [0, 0.05) is 61.8 Å². The molecule has 2 aromatic carbocycles. The Morgan fingerprint density at radius 1 is 0.939 bits per heavy atom. The lowest BCUT2D eigenvalue weighted by molar-refractivity contribution is -0.145. The van der Waals surface area contributed by atoms with E-state index in [9.17, 15) is 28.2 Å². The van der Waals surface area contributed by atoms with Gasteiger partial charge in [-0.2, -0.15) is 0 Å². The summed E-state index contributed by atoms with van der Waals surface area (Å²) < 4.78 is 50.0. The molecule has 3 atom stereocenters. The second-order valence-electron chi connectivity index (χ2n) is 11.5. The molecule has 0 aliphatic carbocycles. The third kappa shape index (κ3) is 13.5. The summed E-state index contributed by atoms with van der Waals surface area (Å²) in [5.74, 6) is -1.59. The van der Waals surface area contributed by atoms with E-state index < -0.39 is 33.9 Å². The van der Waals surface area contributed by atoms with Crippen LogP contribution in [0.2, 0.25) is 10.0 Å². The minimum Gasteiger partial charge on any atom is -0.382 e. The number of aliphatic hydroxyl groups excluding tert-OH is 2. The predicted molar refractivity (Wildman–Crippen MR) is 184 cm³/mol. The Morgan fingerprint density at radius 2 is 1.61 bits per heavy atom. The van der Waals surface area contributed by atoms with Crippen molar-refractivity contribution in [2.75, 3.05) is 79.5 Å². The topological polar surface area (TPSA) is 173 Å². The number of halogens is 2. The van der Waals surface area contributed by atoms with E-state index in [2.05, 4.69) is 14.9 Å². The van der Waals surface area contributed by atoms with Gasteiger partial charge in [-0.1, -0.05) is 35.3 Å². The number of rotatable bonds is 23. The number of ketones is 1. The zero-order valence-corrected chi connectivity index (χ0v) is 30.2. The van der Waals surface area contributed by atoms with Gasteiger partial charge in [0.05, 0.1) is 44.5 Å². The van der Waals surface area contributed by atoms with Crippen LogP contribution in [0.1, 0.15) is 42.4 Å². The number of amides is 1. The van der Waals surface area contributed by atoms with E-state index in [1.807, 2.05) is 26.1 Å². The molecule has 0 aromatic heterocycles. The quantitative estimate of drug-likeness (QED) is 0.123. The largest absolute Gasteiger partial charge is 0.382 e. The molecule has 0 saturated carbocycles. The van der Waals surface area contributed by atoms with E-state index in [1.165, 1.54) is 0 Å². The van der Waals surface area contributed by atoms with Crippen LogP contribution >= 0.6 is 23.2 Å². The Kier molecular flexibility index (Phi) is 17.9. The summed E-state index contributed by atoms with van der Waals surface area (Å²) in [4.78, 5) is 26.2. The van der Waals surface area contributed by atoms with Crippen molar-refractivity contribution in [3.8, 4) is 0 Å². The number of carbonyl (C=O) groups is 2. The van der Waals surface area contributed by atoms with Gasteiger partial charge in [0.25, 0.3) is 5.91 Å². The first kappa shape index (κ1) is 41.2. The fourth-order valence-corrected chi connectivity index (χ4v) is 6.85.